The van der Waals surface area contributed by atoms with Crippen LogP contribution in [0.1, 0.15) is 38.3 Å². The highest BCUT2D eigenvalue weighted by Crippen LogP contribution is 2.25. The molecule has 142 valence electrons. The highest BCUT2D eigenvalue weighted by molar-refractivity contribution is 5.87. The van der Waals surface area contributed by atoms with Crippen molar-refractivity contribution in [2.75, 3.05) is 13.8 Å². The zero-order valence-corrected chi connectivity index (χ0v) is 15.6. The van der Waals surface area contributed by atoms with Crippen molar-refractivity contribution in [3.8, 4) is 5.75 Å². The Kier molecular flexibility index (Phi) is 6.63. The van der Waals surface area contributed by atoms with E-state index in [4.69, 9.17) is 18.9 Å². The molecule has 2 rings (SSSR count). The number of ether oxygens (including phenoxy) is 4. The Morgan fingerprint density at radius 2 is 2.19 bits per heavy atom. The number of rotatable bonds is 8. The molecule has 7 nitrogen and oxygen atoms in total. The number of carbonyl (C=O) groups excluding carboxylic acids is 2. The monoisotopic (exact) mass is 363 g/mol. The first kappa shape index (κ1) is 19.8. The Morgan fingerprint density at radius 3 is 2.88 bits per heavy atom. The van der Waals surface area contributed by atoms with Gasteiger partial charge in [-0.05, 0) is 18.6 Å². The molecule has 1 aliphatic heterocycles. The summed E-state index contributed by atoms with van der Waals surface area (Å²) in [6.45, 7) is 6.66. The molecule has 0 fully saturated rings. The zero-order chi connectivity index (χ0) is 19.2. The van der Waals surface area contributed by atoms with E-state index < -0.39 is 5.79 Å². The second-order valence-electron chi connectivity index (χ2n) is 6.31. The van der Waals surface area contributed by atoms with Gasteiger partial charge in [0.15, 0.2) is 6.79 Å². The highest BCUT2D eigenvalue weighted by Gasteiger charge is 2.25. The van der Waals surface area contributed by atoms with Gasteiger partial charge in [0, 0.05) is 38.6 Å². The van der Waals surface area contributed by atoms with Crippen molar-refractivity contribution in [2.45, 2.75) is 46.1 Å². The summed E-state index contributed by atoms with van der Waals surface area (Å²) < 4.78 is 21.2. The second-order valence-corrected chi connectivity index (χ2v) is 6.31. The maximum atomic E-state index is 12.4. The summed E-state index contributed by atoms with van der Waals surface area (Å²) >= 11 is 0. The zero-order valence-electron chi connectivity index (χ0n) is 15.6. The molecule has 0 saturated heterocycles. The first-order chi connectivity index (χ1) is 12.4. The van der Waals surface area contributed by atoms with Crippen LogP contribution in [0.25, 0.3) is 0 Å². The smallest absolute Gasteiger partial charge is 0.296 e. The largest absolute Gasteiger partial charge is 0.467 e. The predicted octanol–water partition coefficient (Wildman–Crippen LogP) is 2.73. The van der Waals surface area contributed by atoms with Gasteiger partial charge in [-0.25, -0.2) is 0 Å². The molecule has 1 unspecified atom stereocenters. The van der Waals surface area contributed by atoms with E-state index in [1.54, 1.807) is 25.8 Å². The van der Waals surface area contributed by atoms with Crippen molar-refractivity contribution in [2.24, 2.45) is 0 Å². The Labute approximate surface area is 153 Å². The number of nitrogens with zero attached hydrogens (tertiary/aromatic N) is 1. The molecule has 0 N–H and O–H groups in total. The van der Waals surface area contributed by atoms with Crippen LogP contribution in [0.15, 0.2) is 30.0 Å². The van der Waals surface area contributed by atoms with Gasteiger partial charge in [0.05, 0.1) is 6.61 Å². The van der Waals surface area contributed by atoms with Crippen molar-refractivity contribution >= 4 is 12.4 Å². The van der Waals surface area contributed by atoms with E-state index in [-0.39, 0.29) is 12.7 Å². The van der Waals surface area contributed by atoms with Crippen LogP contribution in [-0.4, -0.2) is 36.9 Å². The standard InChI is InChI=1S/C19H25NO6/c1-5-19(3,25-12-21)26-14(2)8-18(22)20(4)10-15-6-7-16-11-23-13-24-17(16)9-15/h6-9,12H,5,10-11,13H2,1-4H3/b14-8-. The lowest BCUT2D eigenvalue weighted by atomic mass is 10.1. The Morgan fingerprint density at radius 1 is 1.42 bits per heavy atom. The normalized spacial score (nSPS) is 15.9. The van der Waals surface area contributed by atoms with E-state index in [0.29, 0.717) is 31.8 Å². The van der Waals surface area contributed by atoms with Crippen LogP contribution in [0.4, 0.5) is 0 Å². The van der Waals surface area contributed by atoms with E-state index in [2.05, 4.69) is 0 Å². The van der Waals surface area contributed by atoms with Crippen LogP contribution in [-0.2, 0) is 37.0 Å². The van der Waals surface area contributed by atoms with Gasteiger partial charge in [0.1, 0.15) is 11.5 Å². The van der Waals surface area contributed by atoms with E-state index in [0.717, 1.165) is 16.9 Å². The molecule has 0 radical (unpaired) electrons. The minimum Gasteiger partial charge on any atom is -0.467 e. The highest BCUT2D eigenvalue weighted by atomic mass is 16.7. The third-order valence-electron chi connectivity index (χ3n) is 4.13. The maximum absolute atomic E-state index is 12.4. The summed E-state index contributed by atoms with van der Waals surface area (Å²) in [6, 6.07) is 5.80. The quantitative estimate of drug-likeness (QED) is 0.306. The Hall–Kier alpha value is -2.54. The van der Waals surface area contributed by atoms with Gasteiger partial charge in [0.2, 0.25) is 5.91 Å². The van der Waals surface area contributed by atoms with Crippen LogP contribution < -0.4 is 4.74 Å². The number of amides is 1. The summed E-state index contributed by atoms with van der Waals surface area (Å²) in [5, 5.41) is 0. The lowest BCUT2D eigenvalue weighted by Gasteiger charge is -2.27. The van der Waals surface area contributed by atoms with E-state index in [1.165, 1.54) is 6.08 Å². The first-order valence-electron chi connectivity index (χ1n) is 8.43. The lowest BCUT2D eigenvalue weighted by Crippen LogP contribution is -2.31. The van der Waals surface area contributed by atoms with Crippen LogP contribution in [0.5, 0.6) is 5.75 Å². The fraction of sp³-hybridized carbons (Fsp3) is 0.474. The molecule has 1 atom stereocenters. The number of fused-ring (bicyclic) bond motifs is 1. The summed E-state index contributed by atoms with van der Waals surface area (Å²) in [5.41, 5.74) is 1.95. The number of allylic oxidation sites excluding steroid dienone is 1. The van der Waals surface area contributed by atoms with Crippen LogP contribution in [0.3, 0.4) is 0 Å². The summed E-state index contributed by atoms with van der Waals surface area (Å²) in [7, 11) is 1.70. The fourth-order valence-electron chi connectivity index (χ4n) is 2.49. The van der Waals surface area contributed by atoms with E-state index >= 15 is 0 Å². The van der Waals surface area contributed by atoms with Crippen molar-refractivity contribution < 1.29 is 28.5 Å². The molecule has 7 heteroatoms. The van der Waals surface area contributed by atoms with Crippen molar-refractivity contribution in [1.82, 2.24) is 4.90 Å². The molecule has 1 aliphatic rings. The van der Waals surface area contributed by atoms with E-state index in [1.807, 2.05) is 25.1 Å². The second kappa shape index (κ2) is 8.71. The van der Waals surface area contributed by atoms with Gasteiger partial charge < -0.3 is 23.8 Å². The molecule has 1 aromatic carbocycles. The molecule has 1 heterocycles. The maximum Gasteiger partial charge on any atom is 0.296 e. The third-order valence-corrected chi connectivity index (χ3v) is 4.13. The van der Waals surface area contributed by atoms with Crippen LogP contribution in [0.2, 0.25) is 0 Å². The summed E-state index contributed by atoms with van der Waals surface area (Å²) in [4.78, 5) is 24.5. The average Bonchev–Trinajstić information content (AvgIpc) is 2.61. The van der Waals surface area contributed by atoms with Gasteiger partial charge in [-0.1, -0.05) is 19.1 Å². The molecule has 0 bridgehead atoms. The van der Waals surface area contributed by atoms with Crippen molar-refractivity contribution in [3.05, 3.63) is 41.2 Å². The van der Waals surface area contributed by atoms with E-state index in [9.17, 15) is 9.59 Å². The molecule has 0 spiro atoms. The minimum absolute atomic E-state index is 0.214. The summed E-state index contributed by atoms with van der Waals surface area (Å²) in [6.07, 6.45) is 1.84. The van der Waals surface area contributed by atoms with Crippen molar-refractivity contribution in [1.29, 1.82) is 0 Å². The van der Waals surface area contributed by atoms with Gasteiger partial charge in [-0.2, -0.15) is 0 Å². The van der Waals surface area contributed by atoms with Gasteiger partial charge in [-0.15, -0.1) is 0 Å². The van der Waals surface area contributed by atoms with Gasteiger partial charge in [0.25, 0.3) is 12.3 Å². The topological polar surface area (TPSA) is 74.3 Å². The number of likely N-dealkylation sites (N-methyl/N-ethyl adjacent to an activating group) is 1. The summed E-state index contributed by atoms with van der Waals surface area (Å²) in [5.74, 6) is -0.138. The average molecular weight is 363 g/mol. The molecular weight excluding hydrogens is 338 g/mol. The van der Waals surface area contributed by atoms with Crippen LogP contribution in [0, 0.1) is 0 Å². The van der Waals surface area contributed by atoms with Crippen LogP contribution >= 0.6 is 0 Å². The predicted molar refractivity (Wildman–Crippen MR) is 93.9 cm³/mol. The number of benzene rings is 1. The van der Waals surface area contributed by atoms with Crippen molar-refractivity contribution in [3.63, 3.8) is 0 Å². The first-order valence-corrected chi connectivity index (χ1v) is 8.43. The number of carbonyl (C=O) groups is 2. The molecule has 0 saturated carbocycles. The van der Waals surface area contributed by atoms with Gasteiger partial charge >= 0.3 is 0 Å². The minimum atomic E-state index is -1.08. The fourth-order valence-corrected chi connectivity index (χ4v) is 2.49. The molecule has 1 amide bonds. The molecule has 0 aromatic heterocycles. The molecule has 26 heavy (non-hydrogen) atoms. The SMILES string of the molecule is CCC(C)(OC=O)O/C(C)=C\C(=O)N(C)Cc1ccc2c(c1)OCOC2. The molecular formula is C19H25NO6. The number of hydrogen-bond donors (Lipinski definition) is 0. The Balaban J connectivity index is 1.99. The third kappa shape index (κ3) is 5.23. The lowest BCUT2D eigenvalue weighted by molar-refractivity contribution is -0.197. The molecule has 0 aliphatic carbocycles. The number of hydrogen-bond acceptors (Lipinski definition) is 6. The van der Waals surface area contributed by atoms with Gasteiger partial charge in [-0.3, -0.25) is 9.59 Å². The Bertz CT molecular complexity index is 687. The molecule has 1 aromatic rings.